The summed E-state index contributed by atoms with van der Waals surface area (Å²) in [6.07, 6.45) is 3.91. The lowest BCUT2D eigenvalue weighted by Gasteiger charge is -2.09. The molecule has 0 aliphatic heterocycles. The zero-order valence-electron chi connectivity index (χ0n) is 8.62. The Labute approximate surface area is 87.4 Å². The van der Waals surface area contributed by atoms with Gasteiger partial charge in [0.05, 0.1) is 23.3 Å². The molecule has 2 rings (SSSR count). The number of rotatable bonds is 2. The highest BCUT2D eigenvalue weighted by atomic mass is 16.3. The summed E-state index contributed by atoms with van der Waals surface area (Å²) in [7, 11) is 1.79. The van der Waals surface area contributed by atoms with E-state index in [0.717, 1.165) is 5.69 Å². The summed E-state index contributed by atoms with van der Waals surface area (Å²) in [5.74, 6) is 0. The monoisotopic (exact) mass is 204 g/mol. The maximum absolute atomic E-state index is 10.0. The van der Waals surface area contributed by atoms with Gasteiger partial charge in [-0.15, -0.1) is 0 Å². The van der Waals surface area contributed by atoms with Crippen molar-refractivity contribution in [2.45, 2.75) is 13.0 Å². The van der Waals surface area contributed by atoms with Crippen LogP contribution in [0.4, 0.5) is 0 Å². The molecule has 0 saturated carbocycles. The van der Waals surface area contributed by atoms with Crippen molar-refractivity contribution in [1.82, 2.24) is 19.7 Å². The maximum atomic E-state index is 10.0. The summed E-state index contributed by atoms with van der Waals surface area (Å²) in [6.45, 7) is 1.88. The van der Waals surface area contributed by atoms with Gasteiger partial charge in [0.1, 0.15) is 6.10 Å². The lowest BCUT2D eigenvalue weighted by Crippen LogP contribution is -2.08. The topological polar surface area (TPSA) is 63.8 Å². The van der Waals surface area contributed by atoms with Crippen LogP contribution in [0.15, 0.2) is 24.7 Å². The standard InChI is InChI=1S/C10H12N4O/c1-7-5-9(14(2)13-7)10(15)8-6-11-3-4-12-8/h3-6,10,15H,1-2H3. The quantitative estimate of drug-likeness (QED) is 0.778. The minimum absolute atomic E-state index is 0.528. The van der Waals surface area contributed by atoms with E-state index in [1.807, 2.05) is 13.0 Å². The molecule has 0 aromatic carbocycles. The van der Waals surface area contributed by atoms with E-state index in [1.165, 1.54) is 0 Å². The van der Waals surface area contributed by atoms with Crippen molar-refractivity contribution in [3.63, 3.8) is 0 Å². The van der Waals surface area contributed by atoms with Crippen LogP contribution < -0.4 is 0 Å². The van der Waals surface area contributed by atoms with Gasteiger partial charge in [-0.1, -0.05) is 0 Å². The van der Waals surface area contributed by atoms with E-state index >= 15 is 0 Å². The van der Waals surface area contributed by atoms with Crippen molar-refractivity contribution >= 4 is 0 Å². The molecule has 1 unspecified atom stereocenters. The molecule has 0 amide bonds. The second-order valence-electron chi connectivity index (χ2n) is 3.37. The summed E-state index contributed by atoms with van der Waals surface area (Å²) in [6, 6.07) is 1.83. The average molecular weight is 204 g/mol. The highest BCUT2D eigenvalue weighted by Crippen LogP contribution is 2.19. The fourth-order valence-electron chi connectivity index (χ4n) is 1.49. The van der Waals surface area contributed by atoms with Gasteiger partial charge >= 0.3 is 0 Å². The molecule has 78 valence electrons. The Kier molecular flexibility index (Phi) is 2.47. The molecular formula is C10H12N4O. The van der Waals surface area contributed by atoms with Crippen LogP contribution in [0.5, 0.6) is 0 Å². The van der Waals surface area contributed by atoms with E-state index in [-0.39, 0.29) is 0 Å². The van der Waals surface area contributed by atoms with Crippen molar-refractivity contribution in [3.8, 4) is 0 Å². The summed E-state index contributed by atoms with van der Waals surface area (Å²) in [5.41, 5.74) is 2.11. The number of aliphatic hydroxyl groups is 1. The number of aromatic nitrogens is 4. The van der Waals surface area contributed by atoms with Crippen LogP contribution in [-0.4, -0.2) is 24.9 Å². The maximum Gasteiger partial charge on any atom is 0.139 e. The molecule has 2 aromatic rings. The Balaban J connectivity index is 2.36. The Hall–Kier alpha value is -1.75. The van der Waals surface area contributed by atoms with Crippen molar-refractivity contribution in [2.75, 3.05) is 0 Å². The van der Waals surface area contributed by atoms with Gasteiger partial charge in [0.25, 0.3) is 0 Å². The van der Waals surface area contributed by atoms with Gasteiger partial charge in [0.15, 0.2) is 0 Å². The minimum atomic E-state index is -0.773. The minimum Gasteiger partial charge on any atom is -0.380 e. The molecule has 1 N–H and O–H groups in total. The molecule has 0 radical (unpaired) electrons. The first-order chi connectivity index (χ1) is 7.18. The first-order valence-electron chi connectivity index (χ1n) is 4.63. The number of aliphatic hydroxyl groups excluding tert-OH is 1. The molecule has 15 heavy (non-hydrogen) atoms. The number of hydrogen-bond donors (Lipinski definition) is 1. The summed E-state index contributed by atoms with van der Waals surface area (Å²) in [4.78, 5) is 7.97. The van der Waals surface area contributed by atoms with Gasteiger partial charge in [-0.3, -0.25) is 14.6 Å². The molecule has 0 aliphatic rings. The Morgan fingerprint density at radius 2 is 2.20 bits per heavy atom. The van der Waals surface area contributed by atoms with Crippen LogP contribution in [0.25, 0.3) is 0 Å². The first kappa shape index (κ1) is 9.79. The van der Waals surface area contributed by atoms with Crippen LogP contribution in [0, 0.1) is 6.92 Å². The molecule has 0 spiro atoms. The number of hydrogen-bond acceptors (Lipinski definition) is 4. The predicted octanol–water partition coefficient (Wildman–Crippen LogP) is 0.600. The Morgan fingerprint density at radius 3 is 2.73 bits per heavy atom. The molecule has 2 heterocycles. The molecule has 0 fully saturated rings. The summed E-state index contributed by atoms with van der Waals surface area (Å²) >= 11 is 0. The first-order valence-corrected chi connectivity index (χ1v) is 4.63. The third-order valence-corrected chi connectivity index (χ3v) is 2.18. The zero-order valence-corrected chi connectivity index (χ0v) is 8.62. The van der Waals surface area contributed by atoms with Crippen molar-refractivity contribution in [3.05, 3.63) is 41.7 Å². The van der Waals surface area contributed by atoms with Gasteiger partial charge in [0.2, 0.25) is 0 Å². The summed E-state index contributed by atoms with van der Waals surface area (Å²) < 4.78 is 1.65. The second-order valence-corrected chi connectivity index (χ2v) is 3.37. The van der Waals surface area contributed by atoms with Gasteiger partial charge in [-0.05, 0) is 13.0 Å². The van der Waals surface area contributed by atoms with Gasteiger partial charge in [-0.25, -0.2) is 0 Å². The van der Waals surface area contributed by atoms with Gasteiger partial charge < -0.3 is 5.11 Å². The second kappa shape index (κ2) is 3.78. The molecule has 2 aromatic heterocycles. The highest BCUT2D eigenvalue weighted by molar-refractivity contribution is 5.19. The van der Waals surface area contributed by atoms with Crippen LogP contribution >= 0.6 is 0 Å². The SMILES string of the molecule is Cc1cc(C(O)c2cnccn2)n(C)n1. The van der Waals surface area contributed by atoms with Crippen LogP contribution in [0.3, 0.4) is 0 Å². The predicted molar refractivity (Wildman–Crippen MR) is 54.0 cm³/mol. The fourth-order valence-corrected chi connectivity index (χ4v) is 1.49. The lowest BCUT2D eigenvalue weighted by atomic mass is 10.2. The lowest BCUT2D eigenvalue weighted by molar-refractivity contribution is 0.204. The Bertz CT molecular complexity index is 452. The fraction of sp³-hybridized carbons (Fsp3) is 0.300. The largest absolute Gasteiger partial charge is 0.380 e. The number of aryl methyl sites for hydroxylation is 2. The van der Waals surface area contributed by atoms with E-state index < -0.39 is 6.10 Å². The summed E-state index contributed by atoms with van der Waals surface area (Å²) in [5, 5.41) is 14.2. The smallest absolute Gasteiger partial charge is 0.139 e. The van der Waals surface area contributed by atoms with E-state index in [1.54, 1.807) is 30.3 Å². The molecule has 0 bridgehead atoms. The normalized spacial score (nSPS) is 12.7. The van der Waals surface area contributed by atoms with Crippen molar-refractivity contribution in [1.29, 1.82) is 0 Å². The highest BCUT2D eigenvalue weighted by Gasteiger charge is 2.16. The molecule has 5 nitrogen and oxygen atoms in total. The van der Waals surface area contributed by atoms with Crippen molar-refractivity contribution < 1.29 is 5.11 Å². The van der Waals surface area contributed by atoms with E-state index in [4.69, 9.17) is 0 Å². The Morgan fingerprint density at radius 1 is 1.40 bits per heavy atom. The van der Waals surface area contributed by atoms with E-state index in [2.05, 4.69) is 15.1 Å². The van der Waals surface area contributed by atoms with Crippen molar-refractivity contribution in [2.24, 2.45) is 7.05 Å². The molecule has 5 heteroatoms. The molecule has 1 atom stereocenters. The van der Waals surface area contributed by atoms with Gasteiger partial charge in [0, 0.05) is 19.4 Å². The third-order valence-electron chi connectivity index (χ3n) is 2.18. The third kappa shape index (κ3) is 1.87. The molecule has 0 saturated heterocycles. The number of nitrogens with zero attached hydrogens (tertiary/aromatic N) is 4. The molecular weight excluding hydrogens is 192 g/mol. The zero-order chi connectivity index (χ0) is 10.8. The van der Waals surface area contributed by atoms with E-state index in [0.29, 0.717) is 11.4 Å². The van der Waals surface area contributed by atoms with Crippen LogP contribution in [0.2, 0.25) is 0 Å². The van der Waals surface area contributed by atoms with Crippen LogP contribution in [0.1, 0.15) is 23.2 Å². The van der Waals surface area contributed by atoms with Crippen LogP contribution in [-0.2, 0) is 7.05 Å². The van der Waals surface area contributed by atoms with E-state index in [9.17, 15) is 5.11 Å². The average Bonchev–Trinajstić information content (AvgIpc) is 2.58. The molecule has 0 aliphatic carbocycles. The van der Waals surface area contributed by atoms with Gasteiger partial charge in [-0.2, -0.15) is 5.10 Å².